The number of hydrogen-bond acceptors (Lipinski definition) is 4. The first-order valence-electron chi connectivity index (χ1n) is 10.5. The summed E-state index contributed by atoms with van der Waals surface area (Å²) in [6.07, 6.45) is 0.924. The second-order valence-corrected chi connectivity index (χ2v) is 10.2. The number of nitrogens with zero attached hydrogens (tertiary/aromatic N) is 3. The predicted molar refractivity (Wildman–Crippen MR) is 125 cm³/mol. The second kappa shape index (κ2) is 9.05. The van der Waals surface area contributed by atoms with Crippen LogP contribution in [0.3, 0.4) is 0 Å². The van der Waals surface area contributed by atoms with E-state index in [-0.39, 0.29) is 29.8 Å². The molecule has 0 atom stereocenters. The normalized spacial score (nSPS) is 15.6. The largest absolute Gasteiger partial charge is 0.326 e. The van der Waals surface area contributed by atoms with Crippen molar-refractivity contribution in [2.75, 3.05) is 18.4 Å². The summed E-state index contributed by atoms with van der Waals surface area (Å²) in [7, 11) is -3.72. The minimum atomic E-state index is -3.72. The Balaban J connectivity index is 1.47. The average molecular weight is 473 g/mol. The summed E-state index contributed by atoms with van der Waals surface area (Å²) >= 11 is 5.88. The summed E-state index contributed by atoms with van der Waals surface area (Å²) in [6.45, 7) is 4.06. The number of amides is 1. The van der Waals surface area contributed by atoms with Gasteiger partial charge in [-0.15, -0.1) is 0 Å². The fourth-order valence-corrected chi connectivity index (χ4v) is 6.04. The number of halogens is 1. The Labute approximate surface area is 193 Å². The summed E-state index contributed by atoms with van der Waals surface area (Å²) in [6, 6.07) is 16.4. The third-order valence-corrected chi connectivity index (χ3v) is 8.16. The smallest absolute Gasteiger partial charge is 0.246 e. The van der Waals surface area contributed by atoms with E-state index in [0.29, 0.717) is 34.9 Å². The molecule has 2 aromatic carbocycles. The summed E-state index contributed by atoms with van der Waals surface area (Å²) in [5.74, 6) is -0.347. The van der Waals surface area contributed by atoms with Crippen LogP contribution in [0.5, 0.6) is 0 Å². The Morgan fingerprint density at radius 1 is 1.03 bits per heavy atom. The van der Waals surface area contributed by atoms with Crippen molar-refractivity contribution >= 4 is 33.2 Å². The first kappa shape index (κ1) is 22.5. The number of anilines is 1. The van der Waals surface area contributed by atoms with Crippen molar-refractivity contribution in [3.05, 3.63) is 71.0 Å². The fraction of sp³-hybridized carbons (Fsp3) is 0.304. The minimum Gasteiger partial charge on any atom is -0.326 e. The van der Waals surface area contributed by atoms with Gasteiger partial charge in [-0.3, -0.25) is 4.79 Å². The van der Waals surface area contributed by atoms with E-state index in [2.05, 4.69) is 10.4 Å². The maximum Gasteiger partial charge on any atom is 0.246 e. The van der Waals surface area contributed by atoms with E-state index in [4.69, 9.17) is 11.6 Å². The van der Waals surface area contributed by atoms with Gasteiger partial charge < -0.3 is 5.32 Å². The lowest BCUT2D eigenvalue weighted by molar-refractivity contribution is -0.120. The number of nitrogens with one attached hydrogen (secondary N) is 1. The van der Waals surface area contributed by atoms with Crippen molar-refractivity contribution in [3.63, 3.8) is 0 Å². The van der Waals surface area contributed by atoms with E-state index in [1.807, 2.05) is 30.3 Å². The van der Waals surface area contributed by atoms with Crippen LogP contribution in [0.1, 0.15) is 24.2 Å². The molecule has 0 spiro atoms. The molecule has 0 bridgehead atoms. The summed E-state index contributed by atoms with van der Waals surface area (Å²) in [4.78, 5) is 12.9. The number of aromatic nitrogens is 2. The van der Waals surface area contributed by atoms with Crippen LogP contribution in [0.15, 0.2) is 59.5 Å². The molecule has 1 saturated heterocycles. The third-order valence-electron chi connectivity index (χ3n) is 5.76. The van der Waals surface area contributed by atoms with Gasteiger partial charge in [0.05, 0.1) is 17.1 Å². The average Bonchev–Trinajstić information content (AvgIpc) is 3.10. The molecular weight excluding hydrogens is 448 g/mol. The molecule has 0 aliphatic carbocycles. The highest BCUT2D eigenvalue weighted by atomic mass is 35.5. The van der Waals surface area contributed by atoms with Crippen molar-refractivity contribution in [2.45, 2.75) is 31.6 Å². The van der Waals surface area contributed by atoms with Gasteiger partial charge in [0.1, 0.15) is 4.90 Å². The lowest BCUT2D eigenvalue weighted by atomic mass is 9.97. The molecule has 0 radical (unpaired) electrons. The number of sulfonamides is 1. The molecule has 9 heteroatoms. The van der Waals surface area contributed by atoms with Gasteiger partial charge in [0.15, 0.2) is 0 Å². The molecule has 4 rings (SSSR count). The topological polar surface area (TPSA) is 84.3 Å². The van der Waals surface area contributed by atoms with Gasteiger partial charge in [-0.05, 0) is 63.1 Å². The van der Waals surface area contributed by atoms with Crippen LogP contribution < -0.4 is 5.32 Å². The Kier molecular flexibility index (Phi) is 6.37. The van der Waals surface area contributed by atoms with E-state index in [9.17, 15) is 13.2 Å². The Hall–Kier alpha value is -2.68. The molecule has 0 saturated carbocycles. The van der Waals surface area contributed by atoms with Gasteiger partial charge in [0.2, 0.25) is 15.9 Å². The zero-order chi connectivity index (χ0) is 22.9. The third kappa shape index (κ3) is 4.44. The van der Waals surface area contributed by atoms with Crippen LogP contribution in [-0.2, 0) is 14.8 Å². The number of carbonyl (C=O) groups excluding carboxylic acids is 1. The maximum absolute atomic E-state index is 13.4. The van der Waals surface area contributed by atoms with Gasteiger partial charge in [-0.1, -0.05) is 29.8 Å². The van der Waals surface area contributed by atoms with Crippen molar-refractivity contribution < 1.29 is 13.2 Å². The Morgan fingerprint density at radius 3 is 2.28 bits per heavy atom. The molecule has 1 N–H and O–H groups in total. The molecule has 1 aromatic heterocycles. The first-order valence-corrected chi connectivity index (χ1v) is 12.3. The maximum atomic E-state index is 13.4. The monoisotopic (exact) mass is 472 g/mol. The van der Waals surface area contributed by atoms with E-state index in [1.54, 1.807) is 42.8 Å². The lowest BCUT2D eigenvalue weighted by Gasteiger charge is -2.30. The minimum absolute atomic E-state index is 0.103. The molecule has 32 heavy (non-hydrogen) atoms. The zero-order valence-corrected chi connectivity index (χ0v) is 19.5. The molecule has 0 unspecified atom stereocenters. The number of rotatable bonds is 5. The van der Waals surface area contributed by atoms with Gasteiger partial charge >= 0.3 is 0 Å². The molecule has 1 aliphatic heterocycles. The van der Waals surface area contributed by atoms with Crippen LogP contribution in [-0.4, -0.2) is 41.5 Å². The molecule has 3 aromatic rings. The van der Waals surface area contributed by atoms with Crippen LogP contribution in [0.2, 0.25) is 5.02 Å². The fourth-order valence-electron chi connectivity index (χ4n) is 4.09. The van der Waals surface area contributed by atoms with Gasteiger partial charge in [-0.2, -0.15) is 9.40 Å². The highest BCUT2D eigenvalue weighted by Gasteiger charge is 2.35. The van der Waals surface area contributed by atoms with Crippen LogP contribution >= 0.6 is 11.6 Å². The summed E-state index contributed by atoms with van der Waals surface area (Å²) in [5, 5.41) is 7.96. The molecule has 1 aliphatic rings. The number of benzene rings is 2. The van der Waals surface area contributed by atoms with E-state index in [1.165, 1.54) is 4.31 Å². The predicted octanol–water partition coefficient (Wildman–Crippen LogP) is 4.18. The molecule has 2 heterocycles. The van der Waals surface area contributed by atoms with Crippen molar-refractivity contribution in [3.8, 4) is 5.69 Å². The standard InChI is InChI=1S/C23H25ClN4O3S/c1-16-22(17(2)28(26-16)21-6-4-3-5-7-21)32(30,31)27-14-12-18(13-15-27)23(29)25-20-10-8-19(24)9-11-20/h3-11,18H,12-15H2,1-2H3,(H,25,29). The quantitative estimate of drug-likeness (QED) is 0.603. The molecule has 168 valence electrons. The Morgan fingerprint density at radius 2 is 1.66 bits per heavy atom. The van der Waals surface area contributed by atoms with E-state index >= 15 is 0 Å². The van der Waals surface area contributed by atoms with Gasteiger partial charge in [-0.25, -0.2) is 13.1 Å². The number of hydrogen-bond donors (Lipinski definition) is 1. The van der Waals surface area contributed by atoms with Crippen LogP contribution in [0.25, 0.3) is 5.69 Å². The molecule has 7 nitrogen and oxygen atoms in total. The SMILES string of the molecule is Cc1nn(-c2ccccc2)c(C)c1S(=O)(=O)N1CCC(C(=O)Nc2ccc(Cl)cc2)CC1. The first-order chi connectivity index (χ1) is 15.3. The van der Waals surface area contributed by atoms with Crippen molar-refractivity contribution in [2.24, 2.45) is 5.92 Å². The lowest BCUT2D eigenvalue weighted by Crippen LogP contribution is -2.41. The van der Waals surface area contributed by atoms with Crippen molar-refractivity contribution in [1.82, 2.24) is 14.1 Å². The molecular formula is C23H25ClN4O3S. The zero-order valence-electron chi connectivity index (χ0n) is 18.0. The Bertz CT molecular complexity index is 1220. The number of carbonyl (C=O) groups is 1. The van der Waals surface area contributed by atoms with Crippen molar-refractivity contribution in [1.29, 1.82) is 0 Å². The van der Waals surface area contributed by atoms with Gasteiger partial charge in [0.25, 0.3) is 0 Å². The number of piperidine rings is 1. The highest BCUT2D eigenvalue weighted by molar-refractivity contribution is 7.89. The molecule has 1 amide bonds. The van der Waals surface area contributed by atoms with Crippen LogP contribution in [0, 0.1) is 19.8 Å². The number of para-hydroxylation sites is 1. The summed E-state index contributed by atoms with van der Waals surface area (Å²) < 4.78 is 30.0. The highest BCUT2D eigenvalue weighted by Crippen LogP contribution is 2.29. The van der Waals surface area contributed by atoms with E-state index < -0.39 is 10.0 Å². The van der Waals surface area contributed by atoms with Crippen LogP contribution in [0.4, 0.5) is 5.69 Å². The molecule has 1 fully saturated rings. The summed E-state index contributed by atoms with van der Waals surface area (Å²) in [5.41, 5.74) is 2.53. The number of aryl methyl sites for hydroxylation is 1. The second-order valence-electron chi connectivity index (χ2n) is 7.92. The van der Waals surface area contributed by atoms with E-state index in [0.717, 1.165) is 5.69 Å². The van der Waals surface area contributed by atoms with Gasteiger partial charge in [0, 0.05) is 29.7 Å².